The van der Waals surface area contributed by atoms with Gasteiger partial charge in [-0.1, -0.05) is 0 Å². The predicted octanol–water partition coefficient (Wildman–Crippen LogP) is 2.15. The minimum atomic E-state index is 0.247. The van der Waals surface area contributed by atoms with E-state index in [1.54, 1.807) is 0 Å². The summed E-state index contributed by atoms with van der Waals surface area (Å²) in [5.74, 6) is 0. The molecule has 0 aromatic carbocycles. The van der Waals surface area contributed by atoms with E-state index in [4.69, 9.17) is 10.5 Å². The van der Waals surface area contributed by atoms with Gasteiger partial charge in [0.15, 0.2) is 0 Å². The topological polar surface area (TPSA) is 38.5 Å². The Balaban J connectivity index is 1.58. The highest BCUT2D eigenvalue weighted by Gasteiger charge is 2.39. The van der Waals surface area contributed by atoms with Gasteiger partial charge in [-0.05, 0) is 56.9 Å². The Hall–Kier alpha value is -0.960. The molecule has 1 saturated carbocycles. The molecule has 1 spiro atoms. The first-order valence-corrected chi connectivity index (χ1v) is 6.80. The third-order valence-electron chi connectivity index (χ3n) is 4.47. The molecule has 0 amide bonds. The highest BCUT2D eigenvalue weighted by Crippen LogP contribution is 2.40. The molecule has 1 saturated heterocycles. The average Bonchev–Trinajstić information content (AvgIpc) is 2.79. The molecule has 0 unspecified atom stereocenters. The van der Waals surface area contributed by atoms with Crippen LogP contribution in [0.3, 0.4) is 0 Å². The van der Waals surface area contributed by atoms with E-state index in [0.29, 0.717) is 6.04 Å². The van der Waals surface area contributed by atoms with Crippen molar-refractivity contribution >= 4 is 0 Å². The molecule has 0 aromatic rings. The molecule has 0 aromatic heterocycles. The van der Waals surface area contributed by atoms with E-state index < -0.39 is 0 Å². The molecule has 2 aliphatic heterocycles. The lowest BCUT2D eigenvalue weighted by molar-refractivity contribution is -0.0376. The van der Waals surface area contributed by atoms with Crippen LogP contribution in [0.4, 0.5) is 0 Å². The fraction of sp³-hybridized carbons (Fsp3) is 0.714. The molecule has 2 heterocycles. The minimum Gasteiger partial charge on any atom is -0.401 e. The van der Waals surface area contributed by atoms with Gasteiger partial charge in [-0.3, -0.25) is 0 Å². The van der Waals surface area contributed by atoms with Crippen LogP contribution in [-0.2, 0) is 4.74 Å². The summed E-state index contributed by atoms with van der Waals surface area (Å²) < 4.78 is 5.97. The van der Waals surface area contributed by atoms with Crippen molar-refractivity contribution in [3.8, 4) is 0 Å². The molecule has 0 atom stereocenters. The molecule has 0 radical (unpaired) electrons. The molecule has 2 N–H and O–H groups in total. The Morgan fingerprint density at radius 3 is 2.76 bits per heavy atom. The van der Waals surface area contributed by atoms with Gasteiger partial charge in [0.2, 0.25) is 0 Å². The van der Waals surface area contributed by atoms with Crippen LogP contribution in [0.25, 0.3) is 0 Å². The first-order chi connectivity index (χ1) is 8.27. The quantitative estimate of drug-likeness (QED) is 0.755. The number of nitrogens with two attached hydrogens (primary N) is 1. The number of rotatable bonds is 1. The fourth-order valence-corrected chi connectivity index (χ4v) is 3.45. The van der Waals surface area contributed by atoms with E-state index in [2.05, 4.69) is 17.2 Å². The summed E-state index contributed by atoms with van der Waals surface area (Å²) >= 11 is 0. The maximum absolute atomic E-state index is 5.97. The molecule has 94 valence electrons. The summed E-state index contributed by atoms with van der Waals surface area (Å²) in [5, 5.41) is 0. The second kappa shape index (κ2) is 4.37. The second-order valence-electron chi connectivity index (χ2n) is 5.62. The minimum absolute atomic E-state index is 0.247. The Kier molecular flexibility index (Phi) is 2.87. The molecule has 1 aliphatic carbocycles. The van der Waals surface area contributed by atoms with E-state index in [9.17, 15) is 0 Å². The fourth-order valence-electron chi connectivity index (χ4n) is 3.45. The molecule has 3 rings (SSSR count). The van der Waals surface area contributed by atoms with Crippen LogP contribution in [0.1, 0.15) is 38.5 Å². The van der Waals surface area contributed by atoms with Crippen LogP contribution in [0.2, 0.25) is 0 Å². The van der Waals surface area contributed by atoms with Gasteiger partial charge in [0.1, 0.15) is 0 Å². The number of nitrogens with zero attached hydrogens (tertiary/aromatic N) is 1. The maximum Gasteiger partial charge on any atom is 0.0685 e. The van der Waals surface area contributed by atoms with Gasteiger partial charge in [-0.2, -0.15) is 0 Å². The molecular formula is C14H22N2O. The largest absolute Gasteiger partial charge is 0.401 e. The average molecular weight is 234 g/mol. The summed E-state index contributed by atoms with van der Waals surface area (Å²) in [5.41, 5.74) is 7.12. The van der Waals surface area contributed by atoms with Crippen molar-refractivity contribution in [1.82, 2.24) is 4.90 Å². The van der Waals surface area contributed by atoms with Gasteiger partial charge in [-0.15, -0.1) is 0 Å². The molecule has 2 fully saturated rings. The van der Waals surface area contributed by atoms with Crippen molar-refractivity contribution < 1.29 is 4.74 Å². The first kappa shape index (κ1) is 11.1. The van der Waals surface area contributed by atoms with Crippen molar-refractivity contribution in [3.63, 3.8) is 0 Å². The van der Waals surface area contributed by atoms with E-state index in [0.717, 1.165) is 18.8 Å². The van der Waals surface area contributed by atoms with Crippen molar-refractivity contribution in [1.29, 1.82) is 0 Å². The van der Waals surface area contributed by atoms with E-state index in [1.165, 1.54) is 38.5 Å². The predicted molar refractivity (Wildman–Crippen MR) is 68.3 cm³/mol. The summed E-state index contributed by atoms with van der Waals surface area (Å²) in [7, 11) is 0. The van der Waals surface area contributed by atoms with E-state index >= 15 is 0 Å². The molecule has 17 heavy (non-hydrogen) atoms. The van der Waals surface area contributed by atoms with Crippen molar-refractivity contribution in [3.05, 3.63) is 24.0 Å². The number of ether oxygens (including phenoxy) is 1. The zero-order valence-electron chi connectivity index (χ0n) is 10.4. The van der Waals surface area contributed by atoms with Gasteiger partial charge < -0.3 is 15.4 Å². The zero-order chi connectivity index (χ0) is 11.7. The lowest BCUT2D eigenvalue weighted by atomic mass is 9.80. The van der Waals surface area contributed by atoms with E-state index in [1.807, 2.05) is 6.08 Å². The smallest absolute Gasteiger partial charge is 0.0685 e. The molecule has 3 nitrogen and oxygen atoms in total. The first-order valence-electron chi connectivity index (χ1n) is 6.80. The van der Waals surface area contributed by atoms with Crippen LogP contribution in [-0.4, -0.2) is 29.7 Å². The van der Waals surface area contributed by atoms with Gasteiger partial charge >= 0.3 is 0 Å². The molecule has 3 heteroatoms. The standard InChI is InChI=1S/C14H22N2O/c15-12-3-1-9-16(11-12)13-4-7-14(8-5-13)6-2-10-17-14/h1,3,9,13H,2,4-8,10-11,15H2. The monoisotopic (exact) mass is 234 g/mol. The zero-order valence-corrected chi connectivity index (χ0v) is 10.4. The van der Waals surface area contributed by atoms with Crippen molar-refractivity contribution in [2.24, 2.45) is 5.73 Å². The number of hydrogen-bond acceptors (Lipinski definition) is 3. The lowest BCUT2D eigenvalue weighted by Gasteiger charge is -2.41. The summed E-state index contributed by atoms with van der Waals surface area (Å²) in [6.07, 6.45) is 13.7. The Labute approximate surface area is 103 Å². The lowest BCUT2D eigenvalue weighted by Crippen LogP contribution is -2.43. The maximum atomic E-state index is 5.97. The Morgan fingerprint density at radius 2 is 2.12 bits per heavy atom. The van der Waals surface area contributed by atoms with Gasteiger partial charge in [0.25, 0.3) is 0 Å². The molecular weight excluding hydrogens is 212 g/mol. The van der Waals surface area contributed by atoms with Crippen LogP contribution in [0, 0.1) is 0 Å². The van der Waals surface area contributed by atoms with Crippen LogP contribution >= 0.6 is 0 Å². The highest BCUT2D eigenvalue weighted by atomic mass is 16.5. The van der Waals surface area contributed by atoms with Crippen molar-refractivity contribution in [2.75, 3.05) is 13.2 Å². The highest BCUT2D eigenvalue weighted by molar-refractivity contribution is 5.17. The third-order valence-corrected chi connectivity index (χ3v) is 4.47. The Bertz CT molecular complexity index is 332. The van der Waals surface area contributed by atoms with Crippen LogP contribution in [0.5, 0.6) is 0 Å². The van der Waals surface area contributed by atoms with Gasteiger partial charge in [0.05, 0.1) is 12.1 Å². The van der Waals surface area contributed by atoms with Crippen molar-refractivity contribution in [2.45, 2.75) is 50.2 Å². The van der Waals surface area contributed by atoms with E-state index in [-0.39, 0.29) is 5.60 Å². The summed E-state index contributed by atoms with van der Waals surface area (Å²) in [6, 6.07) is 0.660. The third kappa shape index (κ3) is 2.21. The number of hydrogen-bond donors (Lipinski definition) is 1. The molecule has 0 bridgehead atoms. The van der Waals surface area contributed by atoms with Crippen LogP contribution < -0.4 is 5.73 Å². The van der Waals surface area contributed by atoms with Crippen LogP contribution in [0.15, 0.2) is 24.0 Å². The van der Waals surface area contributed by atoms with Gasteiger partial charge in [0, 0.05) is 18.3 Å². The second-order valence-corrected chi connectivity index (χ2v) is 5.62. The molecule has 3 aliphatic rings. The summed E-state index contributed by atoms with van der Waals surface area (Å²) in [6.45, 7) is 1.87. The SMILES string of the molecule is NC1=CC=CN(C2CCC3(CCCO3)CC2)C1. The number of allylic oxidation sites excluding steroid dienone is 2. The van der Waals surface area contributed by atoms with Gasteiger partial charge in [-0.25, -0.2) is 0 Å². The summed E-state index contributed by atoms with van der Waals surface area (Å²) in [4.78, 5) is 2.40. The normalized spacial score (nSPS) is 37.5. The Morgan fingerprint density at radius 1 is 1.29 bits per heavy atom.